The summed E-state index contributed by atoms with van der Waals surface area (Å²) in [5.74, 6) is 1.00. The van der Waals surface area contributed by atoms with Gasteiger partial charge in [-0.1, -0.05) is 62.7 Å². The van der Waals surface area contributed by atoms with Crippen LogP contribution in [-0.4, -0.2) is 41.8 Å². The number of hydrogen-bond donors (Lipinski definition) is 0. The highest BCUT2D eigenvalue weighted by Gasteiger charge is 2.23. The number of carbonyl (C=O) groups excluding carboxylic acids is 2. The van der Waals surface area contributed by atoms with Crippen LogP contribution in [0.15, 0.2) is 66.7 Å². The van der Waals surface area contributed by atoms with Crippen molar-refractivity contribution in [1.82, 2.24) is 9.80 Å². The van der Waals surface area contributed by atoms with Crippen LogP contribution in [0.25, 0.3) is 0 Å². The second-order valence-electron chi connectivity index (χ2n) is 9.06. The Labute approximate surface area is 213 Å². The lowest BCUT2D eigenvalue weighted by Crippen LogP contribution is -2.44. The zero-order valence-electron chi connectivity index (χ0n) is 21.2. The third kappa shape index (κ3) is 8.25. The number of methoxy groups -OCH3 is 1. The lowest BCUT2D eigenvalue weighted by molar-refractivity contribution is -0.141. The standard InChI is InChI=1S/C29H36N2O3S/c1-5-22(2)18-30(28(32)17-24-12-14-26(34-4)15-13-24)21-29(33)31(19-25-9-7-6-8-10-25)20-27-16-11-23(3)35-27/h6-16,22H,5,17-21H2,1-4H3. The highest BCUT2D eigenvalue weighted by molar-refractivity contribution is 7.11. The predicted octanol–water partition coefficient (Wildman–Crippen LogP) is 5.71. The second-order valence-corrected chi connectivity index (χ2v) is 10.4. The van der Waals surface area contributed by atoms with Gasteiger partial charge in [0.05, 0.1) is 26.6 Å². The van der Waals surface area contributed by atoms with Gasteiger partial charge in [0, 0.05) is 22.8 Å². The maximum atomic E-state index is 13.6. The Morgan fingerprint density at radius 3 is 2.20 bits per heavy atom. The first-order chi connectivity index (χ1) is 16.9. The maximum absolute atomic E-state index is 13.6. The van der Waals surface area contributed by atoms with Crippen LogP contribution in [0.3, 0.4) is 0 Å². The number of hydrogen-bond acceptors (Lipinski definition) is 4. The average Bonchev–Trinajstić information content (AvgIpc) is 3.28. The number of ether oxygens (including phenoxy) is 1. The van der Waals surface area contributed by atoms with E-state index in [1.165, 1.54) is 4.88 Å². The van der Waals surface area contributed by atoms with Crippen molar-refractivity contribution in [2.75, 3.05) is 20.2 Å². The van der Waals surface area contributed by atoms with E-state index in [-0.39, 0.29) is 24.8 Å². The largest absolute Gasteiger partial charge is 0.497 e. The Balaban J connectivity index is 1.77. The molecule has 0 aliphatic rings. The van der Waals surface area contributed by atoms with Gasteiger partial charge in [-0.2, -0.15) is 0 Å². The van der Waals surface area contributed by atoms with E-state index in [2.05, 4.69) is 32.9 Å². The summed E-state index contributed by atoms with van der Waals surface area (Å²) >= 11 is 1.70. The van der Waals surface area contributed by atoms with Crippen molar-refractivity contribution in [2.45, 2.75) is 46.7 Å². The predicted molar refractivity (Wildman–Crippen MR) is 142 cm³/mol. The zero-order valence-corrected chi connectivity index (χ0v) is 22.0. The van der Waals surface area contributed by atoms with Gasteiger partial charge in [0.15, 0.2) is 0 Å². The molecule has 1 aromatic heterocycles. The number of benzene rings is 2. The van der Waals surface area contributed by atoms with Gasteiger partial charge in [0.25, 0.3) is 0 Å². The number of amides is 2. The molecule has 0 saturated heterocycles. The first-order valence-electron chi connectivity index (χ1n) is 12.2. The molecule has 5 nitrogen and oxygen atoms in total. The van der Waals surface area contributed by atoms with Crippen LogP contribution in [0.2, 0.25) is 0 Å². The lowest BCUT2D eigenvalue weighted by Gasteiger charge is -2.29. The highest BCUT2D eigenvalue weighted by Crippen LogP contribution is 2.20. The Kier molecular flexibility index (Phi) is 9.91. The van der Waals surface area contributed by atoms with Crippen molar-refractivity contribution < 1.29 is 14.3 Å². The van der Waals surface area contributed by atoms with Crippen LogP contribution in [-0.2, 0) is 29.1 Å². The van der Waals surface area contributed by atoms with Gasteiger partial charge in [0.1, 0.15) is 5.75 Å². The molecular formula is C29H36N2O3S. The molecule has 6 heteroatoms. The summed E-state index contributed by atoms with van der Waals surface area (Å²) in [5.41, 5.74) is 1.99. The number of aryl methyl sites for hydroxylation is 1. The third-order valence-corrected chi connectivity index (χ3v) is 7.12. The molecule has 35 heavy (non-hydrogen) atoms. The van der Waals surface area contributed by atoms with Gasteiger partial charge in [-0.3, -0.25) is 9.59 Å². The quantitative estimate of drug-likeness (QED) is 0.325. The summed E-state index contributed by atoms with van der Waals surface area (Å²) in [6.07, 6.45) is 1.21. The Morgan fingerprint density at radius 2 is 1.60 bits per heavy atom. The minimum atomic E-state index is -0.0358. The molecular weight excluding hydrogens is 456 g/mol. The number of rotatable bonds is 12. The van der Waals surface area contributed by atoms with Gasteiger partial charge in [0.2, 0.25) is 11.8 Å². The molecule has 0 saturated carbocycles. The smallest absolute Gasteiger partial charge is 0.242 e. The van der Waals surface area contributed by atoms with Gasteiger partial charge in [-0.15, -0.1) is 11.3 Å². The van der Waals surface area contributed by atoms with Crippen LogP contribution in [0, 0.1) is 12.8 Å². The fraction of sp³-hybridized carbons (Fsp3) is 0.379. The van der Waals surface area contributed by atoms with E-state index in [4.69, 9.17) is 4.74 Å². The van der Waals surface area contributed by atoms with E-state index in [9.17, 15) is 9.59 Å². The minimum Gasteiger partial charge on any atom is -0.497 e. The Hall–Kier alpha value is -3.12. The minimum absolute atomic E-state index is 0.0320. The van der Waals surface area contributed by atoms with E-state index in [0.29, 0.717) is 25.6 Å². The molecule has 2 aromatic carbocycles. The van der Waals surface area contributed by atoms with Crippen LogP contribution >= 0.6 is 11.3 Å². The first kappa shape index (κ1) is 26.5. The van der Waals surface area contributed by atoms with Crippen LogP contribution in [0.1, 0.15) is 41.1 Å². The normalized spacial score (nSPS) is 11.7. The molecule has 0 bridgehead atoms. The summed E-state index contributed by atoms with van der Waals surface area (Å²) in [6.45, 7) is 8.00. The van der Waals surface area contributed by atoms with Gasteiger partial charge < -0.3 is 14.5 Å². The van der Waals surface area contributed by atoms with Crippen molar-refractivity contribution in [1.29, 1.82) is 0 Å². The fourth-order valence-electron chi connectivity index (χ4n) is 3.85. The summed E-state index contributed by atoms with van der Waals surface area (Å²) in [4.78, 5) is 32.9. The average molecular weight is 493 g/mol. The molecule has 0 fully saturated rings. The lowest BCUT2D eigenvalue weighted by atomic mass is 10.1. The molecule has 0 aliphatic heterocycles. The molecule has 3 aromatic rings. The molecule has 0 radical (unpaired) electrons. The summed E-state index contributed by atoms with van der Waals surface area (Å²) in [7, 11) is 1.62. The van der Waals surface area contributed by atoms with Crippen molar-refractivity contribution in [3.05, 3.63) is 87.6 Å². The van der Waals surface area contributed by atoms with E-state index < -0.39 is 0 Å². The molecule has 1 heterocycles. The van der Waals surface area contributed by atoms with Gasteiger partial charge >= 0.3 is 0 Å². The van der Waals surface area contributed by atoms with Crippen LogP contribution in [0.5, 0.6) is 5.75 Å². The molecule has 1 unspecified atom stereocenters. The number of carbonyl (C=O) groups is 2. The monoisotopic (exact) mass is 492 g/mol. The fourth-order valence-corrected chi connectivity index (χ4v) is 4.75. The van der Waals surface area contributed by atoms with Crippen LogP contribution in [0.4, 0.5) is 0 Å². The van der Waals surface area contributed by atoms with Crippen molar-refractivity contribution >= 4 is 23.2 Å². The Morgan fingerprint density at radius 1 is 0.886 bits per heavy atom. The van der Waals surface area contributed by atoms with Crippen LogP contribution < -0.4 is 4.74 Å². The summed E-state index contributed by atoms with van der Waals surface area (Å²) in [5, 5.41) is 0. The Bertz CT molecular complexity index is 1080. The van der Waals surface area contributed by atoms with Crippen molar-refractivity contribution in [2.24, 2.45) is 5.92 Å². The summed E-state index contributed by atoms with van der Waals surface area (Å²) in [6, 6.07) is 21.7. The molecule has 2 amide bonds. The molecule has 1 atom stereocenters. The number of nitrogens with zero attached hydrogens (tertiary/aromatic N) is 2. The van der Waals surface area contributed by atoms with E-state index in [0.717, 1.165) is 28.2 Å². The maximum Gasteiger partial charge on any atom is 0.242 e. The van der Waals surface area contributed by atoms with Gasteiger partial charge in [-0.25, -0.2) is 0 Å². The molecule has 0 aliphatic carbocycles. The van der Waals surface area contributed by atoms with E-state index in [1.54, 1.807) is 23.3 Å². The van der Waals surface area contributed by atoms with Crippen molar-refractivity contribution in [3.63, 3.8) is 0 Å². The first-order valence-corrected chi connectivity index (χ1v) is 13.0. The third-order valence-electron chi connectivity index (χ3n) is 6.13. The second kappa shape index (κ2) is 13.1. The highest BCUT2D eigenvalue weighted by atomic mass is 32.1. The van der Waals surface area contributed by atoms with Gasteiger partial charge in [-0.05, 0) is 48.2 Å². The topological polar surface area (TPSA) is 49.9 Å². The van der Waals surface area contributed by atoms with E-state index in [1.807, 2.05) is 59.5 Å². The SMILES string of the molecule is CCC(C)CN(CC(=O)N(Cc1ccccc1)Cc1ccc(C)s1)C(=O)Cc1ccc(OC)cc1. The zero-order chi connectivity index (χ0) is 25.2. The van der Waals surface area contributed by atoms with E-state index >= 15 is 0 Å². The molecule has 3 rings (SSSR count). The molecule has 0 spiro atoms. The molecule has 0 N–H and O–H groups in total. The van der Waals surface area contributed by atoms with Crippen molar-refractivity contribution in [3.8, 4) is 5.75 Å². The molecule has 186 valence electrons. The number of thiophene rings is 1. The summed E-state index contributed by atoms with van der Waals surface area (Å²) < 4.78 is 5.22.